The summed E-state index contributed by atoms with van der Waals surface area (Å²) >= 11 is 0. The van der Waals surface area contributed by atoms with Crippen LogP contribution < -0.4 is 4.90 Å². The molecule has 0 fully saturated rings. The molecule has 0 saturated carbocycles. The number of para-hydroxylation sites is 2. The fraction of sp³-hybridized carbons (Fsp3) is 0. The minimum atomic E-state index is -0.421. The van der Waals surface area contributed by atoms with E-state index < -0.39 is 6.04 Å². The van der Waals surface area contributed by atoms with Crippen LogP contribution in [0.15, 0.2) is 186 Å². The van der Waals surface area contributed by atoms with Gasteiger partial charge in [-0.2, -0.15) is 0 Å². The molecule has 0 aliphatic carbocycles. The fourth-order valence-electron chi connectivity index (χ4n) is 6.06. The standard InChI is InChI=1S/C45H30N4O/c1-5-14-32(15-6-1)43-46-44(33-16-7-2-8-17-33)48-45(47-43)39-22-13-23-40-42(39)38-29-26-34(30-41(38)50-40)31-24-27-37(28-25-31)49(35-18-9-3-10-19-35)36-20-11-4-12-21-36/h1-30H/i13D,22D,23D,26D,29D,30D. The number of nitrogens with zero attached hydrogens (tertiary/aromatic N) is 4. The van der Waals surface area contributed by atoms with Gasteiger partial charge in [0.2, 0.25) is 0 Å². The highest BCUT2D eigenvalue weighted by molar-refractivity contribution is 6.12. The van der Waals surface area contributed by atoms with E-state index in [4.69, 9.17) is 23.5 Å². The Morgan fingerprint density at radius 1 is 0.440 bits per heavy atom. The predicted molar refractivity (Wildman–Crippen MR) is 204 cm³/mol. The predicted octanol–water partition coefficient (Wildman–Crippen LogP) is 11.9. The van der Waals surface area contributed by atoms with Crippen LogP contribution in [0.25, 0.3) is 67.2 Å². The minimum Gasteiger partial charge on any atom is -0.456 e. The third-order valence-corrected chi connectivity index (χ3v) is 8.44. The Bertz CT molecular complexity index is 2810. The number of aromatic nitrogens is 3. The van der Waals surface area contributed by atoms with E-state index in [9.17, 15) is 4.11 Å². The van der Waals surface area contributed by atoms with Gasteiger partial charge in [-0.3, -0.25) is 0 Å². The van der Waals surface area contributed by atoms with Crippen LogP contribution in [0.5, 0.6) is 0 Å². The molecule has 7 aromatic carbocycles. The monoisotopic (exact) mass is 648 g/mol. The first kappa shape index (κ1) is 23.5. The molecule has 0 atom stereocenters. The molecule has 5 heteroatoms. The molecule has 50 heavy (non-hydrogen) atoms. The second-order valence-electron chi connectivity index (χ2n) is 11.6. The maximum absolute atomic E-state index is 9.40. The molecule has 9 rings (SSSR count). The molecule has 0 spiro atoms. The summed E-state index contributed by atoms with van der Waals surface area (Å²) in [7, 11) is 0. The molecule has 0 aliphatic rings. The summed E-state index contributed by atoms with van der Waals surface area (Å²) in [6.07, 6.45) is 0. The van der Waals surface area contributed by atoms with Gasteiger partial charge in [0.05, 0.1) is 8.22 Å². The molecule has 2 heterocycles. The average molecular weight is 649 g/mol. The number of fused-ring (bicyclic) bond motifs is 3. The van der Waals surface area contributed by atoms with Crippen molar-refractivity contribution in [1.29, 1.82) is 0 Å². The Labute approximate surface area is 298 Å². The zero-order valence-corrected chi connectivity index (χ0v) is 26.6. The second kappa shape index (κ2) is 12.6. The summed E-state index contributed by atoms with van der Waals surface area (Å²) in [5.41, 5.74) is 4.83. The van der Waals surface area contributed by atoms with Crippen LogP contribution in [-0.2, 0) is 0 Å². The summed E-state index contributed by atoms with van der Waals surface area (Å²) in [5.74, 6) is 0.699. The highest BCUT2D eigenvalue weighted by Gasteiger charge is 2.18. The molecule has 5 nitrogen and oxygen atoms in total. The summed E-state index contributed by atoms with van der Waals surface area (Å²) in [4.78, 5) is 16.4. The van der Waals surface area contributed by atoms with E-state index in [2.05, 4.69) is 4.90 Å². The molecule has 0 saturated heterocycles. The number of anilines is 3. The van der Waals surface area contributed by atoms with Crippen molar-refractivity contribution in [2.75, 3.05) is 4.90 Å². The Morgan fingerprint density at radius 3 is 1.54 bits per heavy atom. The van der Waals surface area contributed by atoms with E-state index in [1.807, 2.05) is 146 Å². The van der Waals surface area contributed by atoms with Crippen LogP contribution in [0.3, 0.4) is 0 Å². The molecule has 0 unspecified atom stereocenters. The lowest BCUT2D eigenvalue weighted by Gasteiger charge is -2.25. The van der Waals surface area contributed by atoms with Crippen LogP contribution in [0, 0.1) is 0 Å². The van der Waals surface area contributed by atoms with Gasteiger partial charge in [-0.1, -0.05) is 127 Å². The van der Waals surface area contributed by atoms with Crippen LogP contribution in [0.4, 0.5) is 17.1 Å². The normalized spacial score (nSPS) is 12.9. The van der Waals surface area contributed by atoms with Crippen molar-refractivity contribution in [3.8, 4) is 45.3 Å². The van der Waals surface area contributed by atoms with Gasteiger partial charge in [0.15, 0.2) is 17.5 Å². The molecule has 0 N–H and O–H groups in total. The van der Waals surface area contributed by atoms with E-state index in [1.165, 1.54) is 0 Å². The van der Waals surface area contributed by atoms with Crippen molar-refractivity contribution in [1.82, 2.24) is 15.0 Å². The highest BCUT2D eigenvalue weighted by atomic mass is 16.3. The van der Waals surface area contributed by atoms with Gasteiger partial charge in [0.25, 0.3) is 0 Å². The first-order chi connectivity index (χ1) is 27.3. The number of benzene rings is 7. The van der Waals surface area contributed by atoms with Gasteiger partial charge in [0.1, 0.15) is 11.2 Å². The van der Waals surface area contributed by atoms with Crippen molar-refractivity contribution < 1.29 is 12.6 Å². The SMILES string of the molecule is [2H]c1c([2H])c(-c2nc(-c3ccccc3)nc(-c3ccccc3)n2)c2c(oc3c([2H])c(-c4ccc(N(c5ccccc5)c5ccccc5)cc4)c([2H])c([2H])c32)c1[2H]. The van der Waals surface area contributed by atoms with Crippen LogP contribution in [0.1, 0.15) is 8.22 Å². The molecule has 0 amide bonds. The second-order valence-corrected chi connectivity index (χ2v) is 11.6. The maximum atomic E-state index is 9.40. The molecule has 0 radical (unpaired) electrons. The Morgan fingerprint density at radius 2 is 0.960 bits per heavy atom. The summed E-state index contributed by atoms with van der Waals surface area (Å²) < 4.78 is 61.1. The van der Waals surface area contributed by atoms with E-state index in [-0.39, 0.29) is 69.1 Å². The van der Waals surface area contributed by atoms with Gasteiger partial charge in [-0.15, -0.1) is 0 Å². The van der Waals surface area contributed by atoms with Gasteiger partial charge in [0, 0.05) is 44.5 Å². The molecule has 0 bridgehead atoms. The van der Waals surface area contributed by atoms with Gasteiger partial charge >= 0.3 is 0 Å². The number of hydrogen-bond acceptors (Lipinski definition) is 5. The number of rotatable bonds is 7. The van der Waals surface area contributed by atoms with Gasteiger partial charge in [-0.25, -0.2) is 15.0 Å². The van der Waals surface area contributed by atoms with Gasteiger partial charge in [-0.05, 0) is 65.7 Å². The summed E-state index contributed by atoms with van der Waals surface area (Å²) in [5, 5.41) is 0.208. The maximum Gasteiger partial charge on any atom is 0.164 e. The molecule has 0 aliphatic heterocycles. The van der Waals surface area contributed by atoms with E-state index in [0.717, 1.165) is 17.1 Å². The number of hydrogen-bond donors (Lipinski definition) is 0. The van der Waals surface area contributed by atoms with Gasteiger partial charge < -0.3 is 9.32 Å². The Kier molecular flexibility index (Phi) is 5.93. The Balaban J connectivity index is 1.25. The zero-order valence-electron chi connectivity index (χ0n) is 32.6. The van der Waals surface area contributed by atoms with Crippen LogP contribution >= 0.6 is 0 Å². The molecular formula is C45H30N4O. The minimum absolute atomic E-state index is 0.0318. The van der Waals surface area contributed by atoms with E-state index in [0.29, 0.717) is 28.3 Å². The highest BCUT2D eigenvalue weighted by Crippen LogP contribution is 2.39. The topological polar surface area (TPSA) is 55.1 Å². The first-order valence-corrected chi connectivity index (χ1v) is 16.1. The number of furan rings is 1. The van der Waals surface area contributed by atoms with Crippen molar-refractivity contribution in [3.05, 3.63) is 182 Å². The molecule has 236 valence electrons. The van der Waals surface area contributed by atoms with E-state index in [1.54, 1.807) is 0 Å². The quantitative estimate of drug-likeness (QED) is 0.172. The van der Waals surface area contributed by atoms with Crippen molar-refractivity contribution >= 4 is 39.0 Å². The lowest BCUT2D eigenvalue weighted by Crippen LogP contribution is -2.09. The average Bonchev–Trinajstić information content (AvgIpc) is 3.65. The molecule has 9 aromatic rings. The van der Waals surface area contributed by atoms with E-state index >= 15 is 0 Å². The summed E-state index contributed by atoms with van der Waals surface area (Å²) in [6.45, 7) is 0. The fourth-order valence-corrected chi connectivity index (χ4v) is 6.06. The van der Waals surface area contributed by atoms with Crippen molar-refractivity contribution in [2.45, 2.75) is 0 Å². The smallest absolute Gasteiger partial charge is 0.164 e. The van der Waals surface area contributed by atoms with Crippen LogP contribution in [-0.4, -0.2) is 15.0 Å². The van der Waals surface area contributed by atoms with Crippen molar-refractivity contribution in [3.63, 3.8) is 0 Å². The third-order valence-electron chi connectivity index (χ3n) is 8.44. The Hall–Kier alpha value is -6.85. The third kappa shape index (κ3) is 5.47. The molecule has 2 aromatic heterocycles. The lowest BCUT2D eigenvalue weighted by molar-refractivity contribution is 0.669. The van der Waals surface area contributed by atoms with Crippen LogP contribution in [0.2, 0.25) is 0 Å². The lowest BCUT2D eigenvalue weighted by atomic mass is 10.0. The summed E-state index contributed by atoms with van der Waals surface area (Å²) in [6, 6.07) is 44.3. The zero-order chi connectivity index (χ0) is 38.5. The largest absolute Gasteiger partial charge is 0.456 e. The molecular weight excluding hydrogens is 613 g/mol. The van der Waals surface area contributed by atoms with Crippen molar-refractivity contribution in [2.24, 2.45) is 0 Å². The first-order valence-electron chi connectivity index (χ1n) is 19.1.